The third-order valence-corrected chi connectivity index (χ3v) is 4.58. The highest BCUT2D eigenvalue weighted by Gasteiger charge is 2.33. The van der Waals surface area contributed by atoms with Crippen LogP contribution in [-0.2, 0) is 14.3 Å². The van der Waals surface area contributed by atoms with Crippen LogP contribution in [0.4, 0.5) is 0 Å². The van der Waals surface area contributed by atoms with Crippen molar-refractivity contribution in [2.45, 2.75) is 83.8 Å². The van der Waals surface area contributed by atoms with Gasteiger partial charge in [-0.3, -0.25) is 4.79 Å². The van der Waals surface area contributed by atoms with E-state index < -0.39 is 0 Å². The van der Waals surface area contributed by atoms with Crippen molar-refractivity contribution in [2.24, 2.45) is 0 Å². The Labute approximate surface area is 130 Å². The molecule has 1 unspecified atom stereocenters. The fourth-order valence-corrected chi connectivity index (χ4v) is 3.06. The minimum atomic E-state index is -0.0643. The van der Waals surface area contributed by atoms with Crippen molar-refractivity contribution in [1.29, 1.82) is 0 Å². The molecule has 1 fully saturated rings. The first-order chi connectivity index (χ1) is 10.2. The largest absolute Gasteiger partial charge is 0.466 e. The number of nitrogens with one attached hydrogen (secondary N) is 1. The van der Waals surface area contributed by atoms with Gasteiger partial charge in [0, 0.05) is 19.1 Å². The van der Waals surface area contributed by atoms with E-state index in [2.05, 4.69) is 19.2 Å². The highest BCUT2D eigenvalue weighted by molar-refractivity contribution is 5.69. The molecule has 1 saturated heterocycles. The minimum Gasteiger partial charge on any atom is -0.466 e. The molecule has 1 atom stereocenters. The molecule has 0 radical (unpaired) electrons. The first-order valence-corrected chi connectivity index (χ1v) is 8.68. The molecule has 0 bridgehead atoms. The van der Waals surface area contributed by atoms with Crippen LogP contribution in [-0.4, -0.2) is 37.4 Å². The lowest BCUT2D eigenvalue weighted by molar-refractivity contribution is -0.143. The van der Waals surface area contributed by atoms with E-state index in [0.717, 1.165) is 58.1 Å². The lowest BCUT2D eigenvalue weighted by Gasteiger charge is -2.40. The predicted molar refractivity (Wildman–Crippen MR) is 85.4 cm³/mol. The fraction of sp³-hybridized carbons (Fsp3) is 0.941. The van der Waals surface area contributed by atoms with Crippen LogP contribution in [0.15, 0.2) is 0 Å². The van der Waals surface area contributed by atoms with Crippen LogP contribution in [0.3, 0.4) is 0 Å². The van der Waals surface area contributed by atoms with Crippen molar-refractivity contribution in [3.05, 3.63) is 0 Å². The number of rotatable bonds is 10. The maximum atomic E-state index is 11.2. The Kier molecular flexibility index (Phi) is 8.93. The van der Waals surface area contributed by atoms with Crippen molar-refractivity contribution >= 4 is 5.97 Å². The molecular weight excluding hydrogens is 266 g/mol. The topological polar surface area (TPSA) is 47.6 Å². The van der Waals surface area contributed by atoms with E-state index in [1.807, 2.05) is 6.92 Å². The smallest absolute Gasteiger partial charge is 0.305 e. The lowest BCUT2D eigenvalue weighted by Crippen LogP contribution is -2.46. The van der Waals surface area contributed by atoms with Gasteiger partial charge in [-0.25, -0.2) is 0 Å². The van der Waals surface area contributed by atoms with Crippen LogP contribution in [0.2, 0.25) is 0 Å². The second kappa shape index (κ2) is 10.2. The second-order valence-electron chi connectivity index (χ2n) is 6.00. The molecule has 21 heavy (non-hydrogen) atoms. The lowest BCUT2D eigenvalue weighted by atomic mass is 9.86. The van der Waals surface area contributed by atoms with E-state index in [1.54, 1.807) is 0 Å². The quantitative estimate of drug-likeness (QED) is 0.496. The number of hydrogen-bond donors (Lipinski definition) is 1. The van der Waals surface area contributed by atoms with Gasteiger partial charge in [0.1, 0.15) is 0 Å². The molecule has 124 valence electrons. The number of hydrogen-bond acceptors (Lipinski definition) is 4. The molecular formula is C17H33NO3. The summed E-state index contributed by atoms with van der Waals surface area (Å²) in [5.74, 6) is -0.0643. The minimum absolute atomic E-state index is 0.0643. The van der Waals surface area contributed by atoms with Crippen LogP contribution in [0.25, 0.3) is 0 Å². The van der Waals surface area contributed by atoms with E-state index in [9.17, 15) is 4.79 Å². The van der Waals surface area contributed by atoms with Gasteiger partial charge in [-0.05, 0) is 52.0 Å². The summed E-state index contributed by atoms with van der Waals surface area (Å²) in [7, 11) is 0. The van der Waals surface area contributed by atoms with Crippen LogP contribution in [0.5, 0.6) is 0 Å². The van der Waals surface area contributed by atoms with Gasteiger partial charge in [-0.1, -0.05) is 20.3 Å². The zero-order valence-electron chi connectivity index (χ0n) is 14.1. The van der Waals surface area contributed by atoms with Gasteiger partial charge >= 0.3 is 5.97 Å². The maximum Gasteiger partial charge on any atom is 0.305 e. The van der Waals surface area contributed by atoms with Gasteiger partial charge in [-0.15, -0.1) is 0 Å². The number of carbonyl (C=O) groups is 1. The normalized spacial score (nSPS) is 21.2. The summed E-state index contributed by atoms with van der Waals surface area (Å²) in [5.41, 5.74) is 0.0971. The molecule has 0 saturated carbocycles. The van der Waals surface area contributed by atoms with E-state index >= 15 is 0 Å². The molecule has 0 aromatic rings. The molecule has 4 nitrogen and oxygen atoms in total. The highest BCUT2D eigenvalue weighted by atomic mass is 16.5. The first kappa shape index (κ1) is 18.4. The highest BCUT2D eigenvalue weighted by Crippen LogP contribution is 2.31. The van der Waals surface area contributed by atoms with E-state index in [1.165, 1.54) is 0 Å². The molecule has 0 aromatic heterocycles. The number of unbranched alkanes of at least 4 members (excludes halogenated alkanes) is 2. The van der Waals surface area contributed by atoms with Gasteiger partial charge in [0.15, 0.2) is 0 Å². The maximum absolute atomic E-state index is 11.2. The van der Waals surface area contributed by atoms with E-state index in [4.69, 9.17) is 9.47 Å². The molecule has 1 aliphatic heterocycles. The van der Waals surface area contributed by atoms with Crippen molar-refractivity contribution < 1.29 is 14.3 Å². The SMILES string of the molecule is CCOC(=O)CCCCCNC1CCOC(CC)(CC)C1. The molecule has 1 heterocycles. The molecule has 0 spiro atoms. The van der Waals surface area contributed by atoms with Gasteiger partial charge in [0.2, 0.25) is 0 Å². The van der Waals surface area contributed by atoms with Crippen LogP contribution >= 0.6 is 0 Å². The van der Waals surface area contributed by atoms with Gasteiger partial charge in [-0.2, -0.15) is 0 Å². The molecule has 0 aromatic carbocycles. The zero-order valence-corrected chi connectivity index (χ0v) is 14.1. The average Bonchev–Trinajstić information content (AvgIpc) is 2.51. The summed E-state index contributed by atoms with van der Waals surface area (Å²) in [6.45, 7) is 8.70. The Bertz CT molecular complexity index is 290. The summed E-state index contributed by atoms with van der Waals surface area (Å²) in [4.78, 5) is 11.2. The average molecular weight is 299 g/mol. The van der Waals surface area contributed by atoms with E-state index in [0.29, 0.717) is 19.1 Å². The van der Waals surface area contributed by atoms with Crippen LogP contribution < -0.4 is 5.32 Å². The summed E-state index contributed by atoms with van der Waals surface area (Å²) >= 11 is 0. The van der Waals surface area contributed by atoms with Gasteiger partial charge < -0.3 is 14.8 Å². The van der Waals surface area contributed by atoms with Crippen molar-refractivity contribution in [1.82, 2.24) is 5.32 Å². The number of esters is 1. The van der Waals surface area contributed by atoms with Crippen LogP contribution in [0.1, 0.15) is 72.1 Å². The Morgan fingerprint density at radius 1 is 1.24 bits per heavy atom. The monoisotopic (exact) mass is 299 g/mol. The van der Waals surface area contributed by atoms with Crippen LogP contribution in [0, 0.1) is 0 Å². The Balaban J connectivity index is 2.08. The molecule has 1 aliphatic rings. The fourth-order valence-electron chi connectivity index (χ4n) is 3.06. The standard InChI is InChI=1S/C17H33NO3/c1-4-17(5-2)14-15(11-13-21-17)18-12-9-7-8-10-16(19)20-6-3/h15,18H,4-14H2,1-3H3. The Morgan fingerprint density at radius 3 is 2.67 bits per heavy atom. The molecule has 0 aliphatic carbocycles. The van der Waals surface area contributed by atoms with Crippen molar-refractivity contribution in [3.8, 4) is 0 Å². The second-order valence-corrected chi connectivity index (χ2v) is 6.00. The number of carbonyl (C=O) groups excluding carboxylic acids is 1. The number of ether oxygens (including phenoxy) is 2. The van der Waals surface area contributed by atoms with E-state index in [-0.39, 0.29) is 11.6 Å². The summed E-state index contributed by atoms with van der Waals surface area (Å²) in [6, 6.07) is 0.587. The third kappa shape index (κ3) is 6.79. The van der Waals surface area contributed by atoms with Gasteiger partial charge in [0.25, 0.3) is 0 Å². The molecule has 1 N–H and O–H groups in total. The molecule has 4 heteroatoms. The predicted octanol–water partition coefficient (Wildman–Crippen LogP) is 3.44. The third-order valence-electron chi connectivity index (χ3n) is 4.58. The molecule has 0 amide bonds. The zero-order chi connectivity index (χ0) is 15.6. The molecule has 1 rings (SSSR count). The summed E-state index contributed by atoms with van der Waals surface area (Å²) in [5, 5.41) is 3.66. The van der Waals surface area contributed by atoms with Crippen molar-refractivity contribution in [2.75, 3.05) is 19.8 Å². The van der Waals surface area contributed by atoms with Gasteiger partial charge in [0.05, 0.1) is 12.2 Å². The summed E-state index contributed by atoms with van der Waals surface area (Å²) in [6.07, 6.45) is 8.14. The van der Waals surface area contributed by atoms with Crippen molar-refractivity contribution in [3.63, 3.8) is 0 Å². The first-order valence-electron chi connectivity index (χ1n) is 8.68. The Morgan fingerprint density at radius 2 is 2.00 bits per heavy atom. The summed E-state index contributed by atoms with van der Waals surface area (Å²) < 4.78 is 10.9. The Hall–Kier alpha value is -0.610.